The summed E-state index contributed by atoms with van der Waals surface area (Å²) in [6, 6.07) is 3.23. The van der Waals surface area contributed by atoms with Crippen LogP contribution in [0.3, 0.4) is 0 Å². The Kier molecular flexibility index (Phi) is 5.72. The third-order valence-corrected chi connectivity index (χ3v) is 2.68. The van der Waals surface area contributed by atoms with Gasteiger partial charge in [0.2, 0.25) is 5.88 Å². The minimum Gasteiger partial charge on any atom is -0.481 e. The summed E-state index contributed by atoms with van der Waals surface area (Å²) in [4.78, 5) is 15.8. The first-order valence-corrected chi connectivity index (χ1v) is 5.98. The Labute approximate surface area is 112 Å². The van der Waals surface area contributed by atoms with Crippen LogP contribution in [0.15, 0.2) is 18.3 Å². The number of aliphatic hydroxyl groups is 1. The standard InChI is InChI=1S/C13H20N2O4/c1-13(17,6-7-18-2)9-15-12(16)10-4-5-11(19-3)14-8-10/h4-5,8,17H,6-7,9H2,1-3H3,(H,15,16). The summed E-state index contributed by atoms with van der Waals surface area (Å²) >= 11 is 0. The number of carbonyl (C=O) groups is 1. The van der Waals surface area contributed by atoms with Gasteiger partial charge < -0.3 is 19.9 Å². The van der Waals surface area contributed by atoms with E-state index in [1.54, 1.807) is 26.2 Å². The van der Waals surface area contributed by atoms with Crippen molar-refractivity contribution in [2.75, 3.05) is 27.4 Å². The van der Waals surface area contributed by atoms with E-state index in [4.69, 9.17) is 9.47 Å². The number of nitrogens with one attached hydrogen (secondary N) is 1. The fraction of sp³-hybridized carbons (Fsp3) is 0.538. The maximum Gasteiger partial charge on any atom is 0.252 e. The third-order valence-electron chi connectivity index (χ3n) is 2.68. The van der Waals surface area contributed by atoms with E-state index in [1.165, 1.54) is 13.3 Å². The average molecular weight is 268 g/mol. The summed E-state index contributed by atoms with van der Waals surface area (Å²) < 4.78 is 9.81. The summed E-state index contributed by atoms with van der Waals surface area (Å²) in [5, 5.41) is 12.7. The molecule has 1 atom stereocenters. The summed E-state index contributed by atoms with van der Waals surface area (Å²) in [6.07, 6.45) is 1.88. The summed E-state index contributed by atoms with van der Waals surface area (Å²) in [5.74, 6) is 0.163. The first kappa shape index (κ1) is 15.4. The van der Waals surface area contributed by atoms with E-state index in [-0.39, 0.29) is 12.5 Å². The zero-order valence-corrected chi connectivity index (χ0v) is 11.5. The van der Waals surface area contributed by atoms with E-state index >= 15 is 0 Å². The number of ether oxygens (including phenoxy) is 2. The summed E-state index contributed by atoms with van der Waals surface area (Å²) in [5.41, 5.74) is -0.575. The highest BCUT2D eigenvalue weighted by molar-refractivity contribution is 5.93. The molecule has 1 rings (SSSR count). The van der Waals surface area contributed by atoms with Crippen molar-refractivity contribution in [3.8, 4) is 5.88 Å². The second-order valence-electron chi connectivity index (χ2n) is 4.51. The topological polar surface area (TPSA) is 80.7 Å². The number of hydrogen-bond donors (Lipinski definition) is 2. The quantitative estimate of drug-likeness (QED) is 0.757. The van der Waals surface area contributed by atoms with Crippen LogP contribution in [0.1, 0.15) is 23.7 Å². The Hall–Kier alpha value is -1.66. The Morgan fingerprint density at radius 3 is 2.74 bits per heavy atom. The third kappa shape index (κ3) is 5.23. The fourth-order valence-corrected chi connectivity index (χ4v) is 1.42. The van der Waals surface area contributed by atoms with Gasteiger partial charge in [0, 0.05) is 38.9 Å². The lowest BCUT2D eigenvalue weighted by molar-refractivity contribution is 0.0243. The molecule has 0 aromatic carbocycles. The maximum absolute atomic E-state index is 11.8. The van der Waals surface area contributed by atoms with Crippen molar-refractivity contribution in [1.82, 2.24) is 10.3 Å². The molecule has 6 heteroatoms. The molecule has 0 saturated carbocycles. The predicted octanol–water partition coefficient (Wildman–Crippen LogP) is 0.607. The number of amides is 1. The SMILES string of the molecule is COCCC(C)(O)CNC(=O)c1ccc(OC)nc1. The van der Waals surface area contributed by atoms with Gasteiger partial charge in [0.05, 0.1) is 18.3 Å². The van der Waals surface area contributed by atoms with E-state index < -0.39 is 5.60 Å². The molecule has 0 aliphatic carbocycles. The van der Waals surface area contributed by atoms with Crippen molar-refractivity contribution >= 4 is 5.91 Å². The average Bonchev–Trinajstić information content (AvgIpc) is 2.43. The molecule has 1 amide bonds. The largest absolute Gasteiger partial charge is 0.481 e. The maximum atomic E-state index is 11.8. The molecule has 1 aromatic heterocycles. The Morgan fingerprint density at radius 1 is 1.47 bits per heavy atom. The van der Waals surface area contributed by atoms with Crippen LogP contribution >= 0.6 is 0 Å². The molecular formula is C13H20N2O4. The molecule has 0 aliphatic heterocycles. The molecule has 0 radical (unpaired) electrons. The van der Waals surface area contributed by atoms with E-state index in [0.29, 0.717) is 24.5 Å². The van der Waals surface area contributed by atoms with Crippen molar-refractivity contribution in [3.63, 3.8) is 0 Å². The Balaban J connectivity index is 2.50. The predicted molar refractivity (Wildman–Crippen MR) is 70.2 cm³/mol. The lowest BCUT2D eigenvalue weighted by atomic mass is 10.0. The van der Waals surface area contributed by atoms with E-state index in [0.717, 1.165) is 0 Å². The van der Waals surface area contributed by atoms with Crippen LogP contribution in [-0.4, -0.2) is 49.0 Å². The van der Waals surface area contributed by atoms with Gasteiger partial charge in [-0.15, -0.1) is 0 Å². The van der Waals surface area contributed by atoms with Crippen molar-refractivity contribution < 1.29 is 19.4 Å². The second kappa shape index (κ2) is 7.06. The Morgan fingerprint density at radius 2 is 2.21 bits per heavy atom. The number of aromatic nitrogens is 1. The van der Waals surface area contributed by atoms with E-state index in [1.807, 2.05) is 0 Å². The molecule has 0 bridgehead atoms. The number of pyridine rings is 1. The first-order chi connectivity index (χ1) is 8.98. The lowest BCUT2D eigenvalue weighted by Gasteiger charge is -2.23. The normalized spacial score (nSPS) is 13.7. The van der Waals surface area contributed by atoms with Crippen LogP contribution in [0.4, 0.5) is 0 Å². The van der Waals surface area contributed by atoms with Gasteiger partial charge in [0.25, 0.3) is 5.91 Å². The van der Waals surface area contributed by atoms with Crippen LogP contribution in [-0.2, 0) is 4.74 Å². The van der Waals surface area contributed by atoms with Gasteiger partial charge in [0.1, 0.15) is 0 Å². The number of methoxy groups -OCH3 is 2. The number of hydrogen-bond acceptors (Lipinski definition) is 5. The summed E-state index contributed by atoms with van der Waals surface area (Å²) in [6.45, 7) is 2.24. The van der Waals surface area contributed by atoms with Gasteiger partial charge in [-0.2, -0.15) is 0 Å². The minimum atomic E-state index is -0.994. The van der Waals surface area contributed by atoms with Crippen molar-refractivity contribution in [3.05, 3.63) is 23.9 Å². The highest BCUT2D eigenvalue weighted by atomic mass is 16.5. The molecular weight excluding hydrogens is 248 g/mol. The van der Waals surface area contributed by atoms with Gasteiger partial charge in [0.15, 0.2) is 0 Å². The molecule has 1 aromatic rings. The minimum absolute atomic E-state index is 0.154. The first-order valence-electron chi connectivity index (χ1n) is 5.98. The zero-order chi connectivity index (χ0) is 14.3. The van der Waals surface area contributed by atoms with Crippen molar-refractivity contribution in [2.45, 2.75) is 18.9 Å². The van der Waals surface area contributed by atoms with Crippen molar-refractivity contribution in [1.29, 1.82) is 0 Å². The van der Waals surface area contributed by atoms with Crippen LogP contribution < -0.4 is 10.1 Å². The van der Waals surface area contributed by atoms with Gasteiger partial charge >= 0.3 is 0 Å². The fourth-order valence-electron chi connectivity index (χ4n) is 1.42. The van der Waals surface area contributed by atoms with Gasteiger partial charge in [-0.25, -0.2) is 4.98 Å². The number of nitrogens with zero attached hydrogens (tertiary/aromatic N) is 1. The van der Waals surface area contributed by atoms with Crippen LogP contribution in [0.5, 0.6) is 5.88 Å². The molecule has 0 saturated heterocycles. The second-order valence-corrected chi connectivity index (χ2v) is 4.51. The molecule has 0 aliphatic rings. The lowest BCUT2D eigenvalue weighted by Crippen LogP contribution is -2.41. The van der Waals surface area contributed by atoms with Crippen molar-refractivity contribution in [2.24, 2.45) is 0 Å². The molecule has 0 fully saturated rings. The van der Waals surface area contributed by atoms with Crippen LogP contribution in [0, 0.1) is 0 Å². The Bertz CT molecular complexity index is 404. The molecule has 2 N–H and O–H groups in total. The van der Waals surface area contributed by atoms with Gasteiger partial charge in [-0.05, 0) is 13.0 Å². The smallest absolute Gasteiger partial charge is 0.252 e. The highest BCUT2D eigenvalue weighted by Crippen LogP contribution is 2.09. The molecule has 0 spiro atoms. The van der Waals surface area contributed by atoms with Crippen LogP contribution in [0.25, 0.3) is 0 Å². The van der Waals surface area contributed by atoms with Gasteiger partial charge in [-0.1, -0.05) is 0 Å². The molecule has 1 unspecified atom stereocenters. The molecule has 1 heterocycles. The molecule has 19 heavy (non-hydrogen) atoms. The number of rotatable bonds is 7. The number of carbonyl (C=O) groups excluding carboxylic acids is 1. The van der Waals surface area contributed by atoms with E-state index in [2.05, 4.69) is 10.3 Å². The summed E-state index contributed by atoms with van der Waals surface area (Å²) in [7, 11) is 3.08. The zero-order valence-electron chi connectivity index (χ0n) is 11.5. The van der Waals surface area contributed by atoms with Gasteiger partial charge in [-0.3, -0.25) is 4.79 Å². The molecule has 6 nitrogen and oxygen atoms in total. The van der Waals surface area contributed by atoms with E-state index in [9.17, 15) is 9.90 Å². The highest BCUT2D eigenvalue weighted by Gasteiger charge is 2.21. The molecule has 106 valence electrons. The monoisotopic (exact) mass is 268 g/mol. The van der Waals surface area contributed by atoms with Crippen LogP contribution in [0.2, 0.25) is 0 Å².